The van der Waals surface area contributed by atoms with Crippen molar-refractivity contribution >= 4 is 17.5 Å². The Morgan fingerprint density at radius 3 is 2.25 bits per heavy atom. The molecule has 0 aliphatic carbocycles. The normalized spacial score (nSPS) is 16.8. The van der Waals surface area contributed by atoms with Gasteiger partial charge >= 0.3 is 6.09 Å². The number of aryl methyl sites for hydroxylation is 1. The highest BCUT2D eigenvalue weighted by Crippen LogP contribution is 2.31. The number of anilines is 2. The molecular formula is C23H23N3O2. The van der Waals surface area contributed by atoms with Gasteiger partial charge in [0.15, 0.2) is 0 Å². The van der Waals surface area contributed by atoms with Crippen LogP contribution in [0.4, 0.5) is 16.2 Å². The van der Waals surface area contributed by atoms with Crippen LogP contribution in [-0.2, 0) is 4.84 Å². The smallest absolute Gasteiger partial charge is 0.353 e. The summed E-state index contributed by atoms with van der Waals surface area (Å²) in [5.41, 5.74) is 4.15. The first kappa shape index (κ1) is 18.1. The Balaban J connectivity index is 1.52. The van der Waals surface area contributed by atoms with Crippen molar-refractivity contribution in [3.8, 4) is 0 Å². The van der Waals surface area contributed by atoms with Crippen LogP contribution in [0.3, 0.4) is 0 Å². The Morgan fingerprint density at radius 2 is 1.57 bits per heavy atom. The molecule has 1 saturated heterocycles. The average Bonchev–Trinajstić information content (AvgIpc) is 3.13. The molecule has 0 saturated carbocycles. The zero-order valence-corrected chi connectivity index (χ0v) is 15.8. The number of rotatable bonds is 4. The summed E-state index contributed by atoms with van der Waals surface area (Å²) in [5.74, 6) is 0. The molecule has 1 N–H and O–H groups in total. The van der Waals surface area contributed by atoms with Crippen LogP contribution in [-0.4, -0.2) is 24.4 Å². The molecule has 5 heteroatoms. The fourth-order valence-electron chi connectivity index (χ4n) is 3.38. The second kappa shape index (κ2) is 8.15. The predicted molar refractivity (Wildman–Crippen MR) is 111 cm³/mol. The summed E-state index contributed by atoms with van der Waals surface area (Å²) in [6.45, 7) is 3.32. The van der Waals surface area contributed by atoms with Gasteiger partial charge in [0, 0.05) is 17.9 Å². The van der Waals surface area contributed by atoms with Crippen LogP contribution in [0.15, 0.2) is 84.9 Å². The van der Waals surface area contributed by atoms with Gasteiger partial charge in [-0.1, -0.05) is 66.2 Å². The summed E-state index contributed by atoms with van der Waals surface area (Å²) >= 11 is 0. The zero-order valence-electron chi connectivity index (χ0n) is 15.8. The molecule has 1 aliphatic heterocycles. The summed E-state index contributed by atoms with van der Waals surface area (Å²) in [6.07, 6.45) is -0.488. The number of amides is 1. The molecule has 3 aromatic carbocycles. The SMILES string of the molecule is Cc1ccc(N2CC(c3ccccc3)N(OC(=O)Nc3ccccc3)C2)cc1. The Labute approximate surface area is 165 Å². The van der Waals surface area contributed by atoms with Crippen LogP contribution in [0, 0.1) is 6.92 Å². The number of nitrogens with one attached hydrogen (secondary N) is 1. The molecule has 1 atom stereocenters. The highest BCUT2D eigenvalue weighted by atomic mass is 16.7. The third-order valence-corrected chi connectivity index (χ3v) is 4.85. The molecule has 1 unspecified atom stereocenters. The first-order valence-electron chi connectivity index (χ1n) is 9.36. The minimum absolute atomic E-state index is 0.0379. The van der Waals surface area contributed by atoms with Crippen molar-refractivity contribution in [2.24, 2.45) is 0 Å². The van der Waals surface area contributed by atoms with E-state index >= 15 is 0 Å². The van der Waals surface area contributed by atoms with E-state index in [2.05, 4.69) is 53.5 Å². The molecule has 1 aliphatic rings. The van der Waals surface area contributed by atoms with Gasteiger partial charge in [0.25, 0.3) is 0 Å². The van der Waals surface area contributed by atoms with Crippen LogP contribution in [0.25, 0.3) is 0 Å². The van der Waals surface area contributed by atoms with E-state index in [9.17, 15) is 4.79 Å². The average molecular weight is 373 g/mol. The number of para-hydroxylation sites is 1. The van der Waals surface area contributed by atoms with Gasteiger partial charge in [-0.15, -0.1) is 5.06 Å². The van der Waals surface area contributed by atoms with Crippen LogP contribution in [0.5, 0.6) is 0 Å². The molecule has 1 heterocycles. The van der Waals surface area contributed by atoms with Gasteiger partial charge in [0.05, 0.1) is 6.04 Å². The molecule has 0 radical (unpaired) electrons. The van der Waals surface area contributed by atoms with Crippen LogP contribution < -0.4 is 10.2 Å². The number of hydrogen-bond donors (Lipinski definition) is 1. The fraction of sp³-hybridized carbons (Fsp3) is 0.174. The summed E-state index contributed by atoms with van der Waals surface area (Å²) in [5, 5.41) is 4.53. The second-order valence-corrected chi connectivity index (χ2v) is 6.91. The van der Waals surface area contributed by atoms with E-state index in [-0.39, 0.29) is 6.04 Å². The lowest BCUT2D eigenvalue weighted by molar-refractivity contribution is -0.104. The number of hydroxylamine groups is 2. The van der Waals surface area contributed by atoms with Crippen molar-refractivity contribution in [2.75, 3.05) is 23.4 Å². The molecule has 28 heavy (non-hydrogen) atoms. The summed E-state index contributed by atoms with van der Waals surface area (Å²) in [6, 6.07) is 27.8. The molecular weight excluding hydrogens is 350 g/mol. The van der Waals surface area contributed by atoms with E-state index in [1.807, 2.05) is 48.5 Å². The van der Waals surface area contributed by atoms with E-state index in [4.69, 9.17) is 4.84 Å². The number of carbonyl (C=O) groups is 1. The molecule has 1 fully saturated rings. The number of carbonyl (C=O) groups excluding carboxylic acids is 1. The van der Waals surface area contributed by atoms with Crippen LogP contribution in [0.1, 0.15) is 17.2 Å². The molecule has 5 nitrogen and oxygen atoms in total. The largest absolute Gasteiger partial charge is 0.430 e. The standard InChI is InChI=1S/C23H23N3O2/c1-18-12-14-21(15-13-18)25-16-22(19-8-4-2-5-9-19)26(17-25)28-23(27)24-20-10-6-3-7-11-20/h2-15,22H,16-17H2,1H3,(H,24,27). The van der Waals surface area contributed by atoms with Crippen molar-refractivity contribution in [3.63, 3.8) is 0 Å². The van der Waals surface area contributed by atoms with Crippen molar-refractivity contribution in [1.29, 1.82) is 0 Å². The molecule has 142 valence electrons. The van der Waals surface area contributed by atoms with Gasteiger partial charge in [-0.05, 0) is 36.8 Å². The van der Waals surface area contributed by atoms with Gasteiger partial charge in [-0.25, -0.2) is 4.79 Å². The van der Waals surface area contributed by atoms with Gasteiger partial charge in [-0.2, -0.15) is 0 Å². The van der Waals surface area contributed by atoms with Crippen molar-refractivity contribution in [2.45, 2.75) is 13.0 Å². The van der Waals surface area contributed by atoms with E-state index in [1.54, 1.807) is 5.06 Å². The minimum atomic E-state index is -0.488. The number of hydrogen-bond acceptors (Lipinski definition) is 4. The first-order chi connectivity index (χ1) is 13.7. The van der Waals surface area contributed by atoms with Crippen LogP contribution >= 0.6 is 0 Å². The lowest BCUT2D eigenvalue weighted by Crippen LogP contribution is -2.31. The van der Waals surface area contributed by atoms with Gasteiger partial charge in [0.1, 0.15) is 6.67 Å². The fourth-order valence-corrected chi connectivity index (χ4v) is 3.38. The lowest BCUT2D eigenvalue weighted by atomic mass is 10.1. The lowest BCUT2D eigenvalue weighted by Gasteiger charge is -2.22. The zero-order chi connectivity index (χ0) is 19.3. The van der Waals surface area contributed by atoms with Crippen molar-refractivity contribution in [3.05, 3.63) is 96.1 Å². The Hall–Kier alpha value is -3.31. The van der Waals surface area contributed by atoms with Gasteiger partial charge < -0.3 is 9.74 Å². The second-order valence-electron chi connectivity index (χ2n) is 6.91. The van der Waals surface area contributed by atoms with Crippen LogP contribution in [0.2, 0.25) is 0 Å². The van der Waals surface area contributed by atoms with E-state index in [1.165, 1.54) is 5.56 Å². The maximum Gasteiger partial charge on any atom is 0.430 e. The monoisotopic (exact) mass is 373 g/mol. The Morgan fingerprint density at radius 1 is 0.929 bits per heavy atom. The number of benzene rings is 3. The Kier molecular flexibility index (Phi) is 5.26. The number of nitrogens with zero attached hydrogens (tertiary/aromatic N) is 2. The minimum Gasteiger partial charge on any atom is -0.353 e. The Bertz CT molecular complexity index is 914. The topological polar surface area (TPSA) is 44.8 Å². The first-order valence-corrected chi connectivity index (χ1v) is 9.36. The summed E-state index contributed by atoms with van der Waals surface area (Å²) in [7, 11) is 0. The van der Waals surface area contributed by atoms with E-state index in [0.717, 1.165) is 17.8 Å². The van der Waals surface area contributed by atoms with Gasteiger partial charge in [0.2, 0.25) is 0 Å². The molecule has 3 aromatic rings. The third-order valence-electron chi connectivity index (χ3n) is 4.85. The predicted octanol–water partition coefficient (Wildman–Crippen LogP) is 4.98. The van der Waals surface area contributed by atoms with Gasteiger partial charge in [-0.3, -0.25) is 5.32 Å². The molecule has 0 spiro atoms. The maximum atomic E-state index is 12.4. The summed E-state index contributed by atoms with van der Waals surface area (Å²) in [4.78, 5) is 20.4. The molecule has 0 aromatic heterocycles. The molecule has 4 rings (SSSR count). The molecule has 1 amide bonds. The van der Waals surface area contributed by atoms with E-state index in [0.29, 0.717) is 12.4 Å². The maximum absolute atomic E-state index is 12.4. The molecule has 0 bridgehead atoms. The highest BCUT2D eigenvalue weighted by molar-refractivity contribution is 5.84. The summed E-state index contributed by atoms with van der Waals surface area (Å²) < 4.78 is 0. The third kappa shape index (κ3) is 4.15. The van der Waals surface area contributed by atoms with Crippen molar-refractivity contribution in [1.82, 2.24) is 5.06 Å². The quantitative estimate of drug-likeness (QED) is 0.701. The highest BCUT2D eigenvalue weighted by Gasteiger charge is 2.34. The van der Waals surface area contributed by atoms with E-state index < -0.39 is 6.09 Å². The van der Waals surface area contributed by atoms with Crippen molar-refractivity contribution < 1.29 is 9.63 Å².